The van der Waals surface area contributed by atoms with Crippen molar-refractivity contribution < 1.29 is 47.0 Å². The van der Waals surface area contributed by atoms with Crippen LogP contribution in [0.15, 0.2) is 49.1 Å². The Hall–Kier alpha value is -4.88. The third kappa shape index (κ3) is 13.0. The maximum Gasteiger partial charge on any atom is 0.411 e. The Bertz CT molecular complexity index is 2170. The first-order chi connectivity index (χ1) is 32.8. The first kappa shape index (κ1) is 56.0. The second-order valence-electron chi connectivity index (χ2n) is 22.3. The molecular weight excluding hydrogens is 923 g/mol. The van der Waals surface area contributed by atoms with Crippen LogP contribution in [0.5, 0.6) is 11.5 Å². The summed E-state index contributed by atoms with van der Waals surface area (Å²) in [4.78, 5) is 71.9. The van der Waals surface area contributed by atoms with E-state index in [-0.39, 0.29) is 69.4 Å². The number of carbonyl (C=O) groups excluding carboxylic acids is 5. The fourth-order valence-corrected chi connectivity index (χ4v) is 16.3. The number of anilines is 2. The van der Waals surface area contributed by atoms with Crippen LogP contribution in [-0.4, -0.2) is 108 Å². The Balaban J connectivity index is 1.34. The fourth-order valence-electron chi connectivity index (χ4n) is 10.0. The number of hydrogen-bond acceptors (Lipinski definition) is 10. The Morgan fingerprint density at radius 1 is 0.900 bits per heavy atom. The summed E-state index contributed by atoms with van der Waals surface area (Å²) in [5.41, 5.74) is 2.50. The molecule has 70 heavy (non-hydrogen) atoms. The third-order valence-electron chi connectivity index (χ3n) is 15.5. The molecule has 0 radical (unpaired) electrons. The first-order valence-electron chi connectivity index (χ1n) is 25.4. The van der Waals surface area contributed by atoms with Crippen LogP contribution in [0, 0.1) is 11.3 Å². The maximum absolute atomic E-state index is 15.0. The summed E-state index contributed by atoms with van der Waals surface area (Å²) in [5.74, 6) is -0.354. The maximum atomic E-state index is 15.0. The van der Waals surface area contributed by atoms with Gasteiger partial charge in [0.1, 0.15) is 31.0 Å². The van der Waals surface area contributed by atoms with Gasteiger partial charge in [-0.2, -0.15) is 0 Å². The monoisotopic (exact) mass is 1010 g/mol. The molecule has 3 N–H and O–H groups in total. The van der Waals surface area contributed by atoms with Gasteiger partial charge in [-0.15, -0.1) is 0 Å². The molecule has 388 valence electrons. The number of methoxy groups -OCH3 is 1. The molecule has 2 aliphatic heterocycles. The highest BCUT2D eigenvalue weighted by Gasteiger charge is 2.54. The SMILES string of the molecule is C=CCOC(=O)N1CCC[C@H]1C(=O)N[C@H](C(=O)Nc1ccc(COC(=O)Nc2cc(O[Si](C(C)C)(C(C)C)C(C)C)c(OC)cc2C(=O)N2CC3(CC3)C[C@H]2CO[Si](C)(C)C(C)(C)C)cc1)[C@@H](C)CC. The molecule has 3 aliphatic rings. The predicted octanol–water partition coefficient (Wildman–Crippen LogP) is 11.3. The van der Waals surface area contributed by atoms with Crippen molar-refractivity contribution in [2.75, 3.05) is 44.0 Å². The number of amides is 5. The summed E-state index contributed by atoms with van der Waals surface area (Å²) in [6, 6.07) is 8.57. The molecule has 0 aromatic heterocycles. The minimum absolute atomic E-state index is 0.0128. The van der Waals surface area contributed by atoms with E-state index in [2.05, 4.69) is 97.9 Å². The van der Waals surface area contributed by atoms with Crippen LogP contribution in [0.2, 0.25) is 34.8 Å². The number of rotatable bonds is 21. The zero-order chi connectivity index (χ0) is 51.9. The van der Waals surface area contributed by atoms with E-state index < -0.39 is 52.7 Å². The summed E-state index contributed by atoms with van der Waals surface area (Å²) in [7, 11) is -3.07. The summed E-state index contributed by atoms with van der Waals surface area (Å²) in [5, 5.41) is 8.74. The van der Waals surface area contributed by atoms with Crippen LogP contribution in [-0.2, 0) is 30.1 Å². The first-order valence-corrected chi connectivity index (χ1v) is 30.4. The average molecular weight is 1010 g/mol. The summed E-state index contributed by atoms with van der Waals surface area (Å²) < 4.78 is 30.8. The Morgan fingerprint density at radius 3 is 2.10 bits per heavy atom. The van der Waals surface area contributed by atoms with Crippen LogP contribution in [0.1, 0.15) is 131 Å². The number of hydrogen-bond donors (Lipinski definition) is 3. The van der Waals surface area contributed by atoms with Crippen molar-refractivity contribution >= 4 is 57.9 Å². The molecule has 0 unspecified atom stereocenters. The average Bonchev–Trinajstić information content (AvgIpc) is 3.68. The third-order valence-corrected chi connectivity index (χ3v) is 26.0. The Kier molecular flexibility index (Phi) is 18.5. The van der Waals surface area contributed by atoms with Crippen LogP contribution < -0.4 is 25.1 Å². The number of likely N-dealkylation sites (tertiary alicyclic amines) is 2. The van der Waals surface area contributed by atoms with Gasteiger partial charge in [0, 0.05) is 24.8 Å². The molecule has 5 rings (SSSR count). The molecule has 2 heterocycles. The topological polar surface area (TPSA) is 174 Å². The van der Waals surface area contributed by atoms with Gasteiger partial charge in [0.05, 0.1) is 31.0 Å². The van der Waals surface area contributed by atoms with Crippen molar-refractivity contribution in [3.63, 3.8) is 0 Å². The number of ether oxygens (including phenoxy) is 3. The highest BCUT2D eigenvalue weighted by Crippen LogP contribution is 2.56. The summed E-state index contributed by atoms with van der Waals surface area (Å²) >= 11 is 0. The molecule has 15 nitrogen and oxygen atoms in total. The van der Waals surface area contributed by atoms with Gasteiger partial charge in [-0.3, -0.25) is 24.6 Å². The quantitative estimate of drug-likeness (QED) is 0.0806. The molecule has 1 spiro atoms. The smallest absolute Gasteiger partial charge is 0.411 e. The fraction of sp³-hybridized carbons (Fsp3) is 0.642. The van der Waals surface area contributed by atoms with Gasteiger partial charge in [0.15, 0.2) is 14.1 Å². The molecule has 1 aliphatic carbocycles. The van der Waals surface area contributed by atoms with E-state index in [0.717, 1.165) is 19.3 Å². The minimum Gasteiger partial charge on any atom is -0.540 e. The van der Waals surface area contributed by atoms with E-state index in [1.165, 1.54) is 11.0 Å². The predicted molar refractivity (Wildman–Crippen MR) is 280 cm³/mol. The highest BCUT2D eigenvalue weighted by atomic mass is 28.4. The van der Waals surface area contributed by atoms with Crippen molar-refractivity contribution in [1.29, 1.82) is 0 Å². The van der Waals surface area contributed by atoms with E-state index in [1.54, 1.807) is 43.5 Å². The molecular formula is C53H83N5O10Si2. The van der Waals surface area contributed by atoms with Gasteiger partial charge >= 0.3 is 12.2 Å². The van der Waals surface area contributed by atoms with Crippen molar-refractivity contribution in [3.05, 3.63) is 60.2 Å². The normalized spacial score (nSPS) is 18.7. The molecule has 5 amide bonds. The van der Waals surface area contributed by atoms with Gasteiger partial charge in [-0.25, -0.2) is 9.59 Å². The van der Waals surface area contributed by atoms with Gasteiger partial charge < -0.3 is 38.6 Å². The minimum atomic E-state index is -2.52. The zero-order valence-electron chi connectivity index (χ0n) is 44.5. The Labute approximate surface area is 419 Å². The van der Waals surface area contributed by atoms with Crippen LogP contribution >= 0.6 is 0 Å². The molecule has 4 atom stereocenters. The van der Waals surface area contributed by atoms with Gasteiger partial charge in [-0.1, -0.05) is 107 Å². The highest BCUT2D eigenvalue weighted by molar-refractivity contribution is 6.78. The van der Waals surface area contributed by atoms with E-state index >= 15 is 0 Å². The van der Waals surface area contributed by atoms with E-state index in [0.29, 0.717) is 61.7 Å². The van der Waals surface area contributed by atoms with Crippen molar-refractivity contribution in [2.45, 2.75) is 174 Å². The van der Waals surface area contributed by atoms with E-state index in [1.807, 2.05) is 18.7 Å². The number of nitrogens with one attached hydrogen (secondary N) is 3. The second-order valence-corrected chi connectivity index (χ2v) is 32.5. The summed E-state index contributed by atoms with van der Waals surface area (Å²) in [6.45, 7) is 33.1. The lowest BCUT2D eigenvalue weighted by Gasteiger charge is -2.42. The van der Waals surface area contributed by atoms with Crippen LogP contribution in [0.25, 0.3) is 0 Å². The lowest BCUT2D eigenvalue weighted by atomic mass is 9.97. The van der Waals surface area contributed by atoms with Gasteiger partial charge in [0.2, 0.25) is 11.8 Å². The number of nitrogens with zero attached hydrogens (tertiary/aromatic N) is 2. The van der Waals surface area contributed by atoms with Gasteiger partial charge in [-0.05, 0) is 102 Å². The standard InChI is InChI=1S/C53H83N5O10Si2/c1-16-27-65-51(63)57-26-18-19-43(57)47(59)56-46(37(9)17-2)48(60)54-39-22-20-38(21-23-39)31-66-50(62)55-42-29-45(68-70(34(3)4,35(5)6)36(7)8)44(64-13)28-41(42)49(61)58-33-53(24-25-53)30-40(58)32-67-69(14,15)52(10,11)12/h16,20-23,28-29,34-37,40,43,46H,1,17-19,24-27,30-33H2,2-15H3,(H,54,60)(H,55,62)(H,56,59)/t37-,40-,43-,46-/m0/s1. The lowest BCUT2D eigenvalue weighted by Crippen LogP contribution is -2.54. The van der Waals surface area contributed by atoms with Gasteiger partial charge in [0.25, 0.3) is 14.2 Å². The molecule has 3 fully saturated rings. The van der Waals surface area contributed by atoms with E-state index in [9.17, 15) is 24.0 Å². The van der Waals surface area contributed by atoms with Crippen LogP contribution in [0.4, 0.5) is 21.0 Å². The molecule has 0 bridgehead atoms. The molecule has 2 aromatic carbocycles. The lowest BCUT2D eigenvalue weighted by molar-refractivity contribution is -0.130. The second kappa shape index (κ2) is 23.1. The Morgan fingerprint density at radius 2 is 1.54 bits per heavy atom. The van der Waals surface area contributed by atoms with E-state index in [4.69, 9.17) is 23.1 Å². The molecule has 1 saturated carbocycles. The molecule has 17 heteroatoms. The largest absolute Gasteiger partial charge is 0.540 e. The van der Waals surface area contributed by atoms with Crippen molar-refractivity contribution in [3.8, 4) is 11.5 Å². The summed E-state index contributed by atoms with van der Waals surface area (Å²) in [6.07, 6.45) is 4.84. The molecule has 2 aromatic rings. The number of benzene rings is 2. The molecule has 2 saturated heterocycles. The zero-order valence-corrected chi connectivity index (χ0v) is 46.5. The van der Waals surface area contributed by atoms with Crippen molar-refractivity contribution in [2.24, 2.45) is 11.3 Å². The van der Waals surface area contributed by atoms with Crippen LogP contribution in [0.3, 0.4) is 0 Å². The number of carbonyl (C=O) groups is 5. The van der Waals surface area contributed by atoms with Crippen molar-refractivity contribution in [1.82, 2.24) is 15.1 Å².